The molecule has 0 spiro atoms. The predicted molar refractivity (Wildman–Crippen MR) is 63.2 cm³/mol. The molecule has 0 aliphatic heterocycles. The van der Waals surface area contributed by atoms with Crippen molar-refractivity contribution in [3.05, 3.63) is 28.7 Å². The summed E-state index contributed by atoms with van der Waals surface area (Å²) in [6, 6.07) is 7.40. The van der Waals surface area contributed by atoms with Gasteiger partial charge in [-0.15, -0.1) is 0 Å². The number of methoxy groups -OCH3 is 2. The Hall–Kier alpha value is -0.230. The molecular weight excluding hydrogens is 280 g/mol. The molecule has 1 aromatic carbocycles. The van der Waals surface area contributed by atoms with Crippen LogP contribution in [0.1, 0.15) is 0 Å². The number of hydrogen-bond donors (Lipinski definition) is 0. The van der Waals surface area contributed by atoms with Gasteiger partial charge in [-0.2, -0.15) is 0 Å². The first-order valence-electron chi connectivity index (χ1n) is 4.37. The molecule has 15 heavy (non-hydrogen) atoms. The minimum absolute atomic E-state index is 0.337. The van der Waals surface area contributed by atoms with E-state index >= 15 is 0 Å². The molecule has 1 rings (SSSR count). The summed E-state index contributed by atoms with van der Waals surface area (Å²) >= 11 is 3.33. The molecule has 1 atom stereocenters. The fourth-order valence-electron chi connectivity index (χ4n) is 1.06. The van der Waals surface area contributed by atoms with Gasteiger partial charge >= 0.3 is 0 Å². The lowest BCUT2D eigenvalue weighted by Crippen LogP contribution is -2.21. The zero-order valence-electron chi connectivity index (χ0n) is 8.60. The minimum Gasteiger partial charge on any atom is -0.355 e. The van der Waals surface area contributed by atoms with E-state index in [2.05, 4.69) is 15.9 Å². The lowest BCUT2D eigenvalue weighted by molar-refractivity contribution is -0.0847. The zero-order chi connectivity index (χ0) is 11.3. The van der Waals surface area contributed by atoms with Crippen molar-refractivity contribution < 1.29 is 13.7 Å². The van der Waals surface area contributed by atoms with E-state index in [-0.39, 0.29) is 0 Å². The number of halogens is 1. The Morgan fingerprint density at radius 2 is 2.07 bits per heavy atom. The number of rotatable bonds is 5. The highest BCUT2D eigenvalue weighted by atomic mass is 79.9. The molecule has 0 bridgehead atoms. The Morgan fingerprint density at radius 3 is 2.60 bits per heavy atom. The van der Waals surface area contributed by atoms with Gasteiger partial charge in [-0.25, -0.2) is 0 Å². The van der Waals surface area contributed by atoms with Gasteiger partial charge in [0.15, 0.2) is 6.29 Å². The van der Waals surface area contributed by atoms with Crippen molar-refractivity contribution in [3.8, 4) is 0 Å². The fourth-order valence-corrected chi connectivity index (χ4v) is 2.81. The summed E-state index contributed by atoms with van der Waals surface area (Å²) < 4.78 is 22.8. The van der Waals surface area contributed by atoms with Gasteiger partial charge in [0.2, 0.25) is 0 Å². The highest BCUT2D eigenvalue weighted by molar-refractivity contribution is 9.10. The lowest BCUT2D eigenvalue weighted by Gasteiger charge is -2.12. The van der Waals surface area contributed by atoms with E-state index in [9.17, 15) is 4.21 Å². The second-order valence-electron chi connectivity index (χ2n) is 2.87. The smallest absolute Gasteiger partial charge is 0.168 e. The van der Waals surface area contributed by atoms with E-state index in [1.807, 2.05) is 24.3 Å². The quantitative estimate of drug-likeness (QED) is 0.781. The van der Waals surface area contributed by atoms with Crippen LogP contribution in [-0.2, 0) is 20.3 Å². The minimum atomic E-state index is -1.10. The number of benzene rings is 1. The van der Waals surface area contributed by atoms with Crippen molar-refractivity contribution in [2.75, 3.05) is 20.0 Å². The first-order chi connectivity index (χ1) is 7.17. The first kappa shape index (κ1) is 12.8. The summed E-state index contributed by atoms with van der Waals surface area (Å²) in [4.78, 5) is 0.767. The van der Waals surface area contributed by atoms with Gasteiger partial charge < -0.3 is 9.47 Å². The largest absolute Gasteiger partial charge is 0.355 e. The summed E-state index contributed by atoms with van der Waals surface area (Å²) in [6.45, 7) is 0. The van der Waals surface area contributed by atoms with Crippen molar-refractivity contribution in [2.24, 2.45) is 0 Å². The SMILES string of the molecule is COC(CS(=O)c1cccc(Br)c1)OC. The normalized spacial score (nSPS) is 13.1. The van der Waals surface area contributed by atoms with Gasteiger partial charge in [0.1, 0.15) is 0 Å². The van der Waals surface area contributed by atoms with Crippen molar-refractivity contribution in [2.45, 2.75) is 11.2 Å². The Labute approximate surface area is 100 Å². The molecule has 3 nitrogen and oxygen atoms in total. The summed E-state index contributed by atoms with van der Waals surface area (Å²) in [7, 11) is 1.96. The third-order valence-electron chi connectivity index (χ3n) is 1.87. The average molecular weight is 293 g/mol. The molecule has 1 aromatic rings. The Morgan fingerprint density at radius 1 is 1.40 bits per heavy atom. The van der Waals surface area contributed by atoms with Crippen LogP contribution in [0, 0.1) is 0 Å². The molecule has 0 fully saturated rings. The van der Waals surface area contributed by atoms with Crippen LogP contribution >= 0.6 is 15.9 Å². The third-order valence-corrected chi connectivity index (χ3v) is 3.72. The Kier molecular flexibility index (Phi) is 5.45. The molecular formula is C10H13BrO3S. The lowest BCUT2D eigenvalue weighted by atomic mass is 10.4. The fraction of sp³-hybridized carbons (Fsp3) is 0.400. The summed E-state index contributed by atoms with van der Waals surface area (Å²) in [5.74, 6) is 0.337. The van der Waals surface area contributed by atoms with Gasteiger partial charge in [-0.05, 0) is 18.2 Å². The van der Waals surface area contributed by atoms with Gasteiger partial charge in [-0.1, -0.05) is 22.0 Å². The molecule has 0 aromatic heterocycles. The summed E-state index contributed by atoms with van der Waals surface area (Å²) in [6.07, 6.45) is -0.426. The first-order valence-corrected chi connectivity index (χ1v) is 6.48. The molecule has 0 aliphatic carbocycles. The second kappa shape index (κ2) is 6.37. The van der Waals surface area contributed by atoms with Crippen LogP contribution in [0.3, 0.4) is 0 Å². The standard InChI is InChI=1S/C10H13BrO3S/c1-13-10(14-2)7-15(12)9-5-3-4-8(11)6-9/h3-6,10H,7H2,1-2H3. The van der Waals surface area contributed by atoms with Crippen LogP contribution in [0.2, 0.25) is 0 Å². The van der Waals surface area contributed by atoms with Crippen LogP contribution in [-0.4, -0.2) is 30.5 Å². The van der Waals surface area contributed by atoms with Crippen molar-refractivity contribution in [1.82, 2.24) is 0 Å². The molecule has 0 radical (unpaired) electrons. The van der Waals surface area contributed by atoms with E-state index in [0.29, 0.717) is 5.75 Å². The summed E-state index contributed by atoms with van der Waals surface area (Å²) in [5, 5.41) is 0. The van der Waals surface area contributed by atoms with Gasteiger partial charge in [0.25, 0.3) is 0 Å². The van der Waals surface area contributed by atoms with Crippen LogP contribution in [0.25, 0.3) is 0 Å². The van der Waals surface area contributed by atoms with Crippen LogP contribution in [0.5, 0.6) is 0 Å². The highest BCUT2D eigenvalue weighted by Crippen LogP contribution is 2.15. The monoisotopic (exact) mass is 292 g/mol. The molecule has 0 heterocycles. The van der Waals surface area contributed by atoms with Crippen molar-refractivity contribution in [1.29, 1.82) is 0 Å². The maximum Gasteiger partial charge on any atom is 0.168 e. The maximum atomic E-state index is 11.9. The van der Waals surface area contributed by atoms with Crippen LogP contribution in [0.15, 0.2) is 33.6 Å². The molecule has 1 unspecified atom stereocenters. The third kappa shape index (κ3) is 4.03. The molecule has 0 saturated heterocycles. The van der Waals surface area contributed by atoms with Gasteiger partial charge in [-0.3, -0.25) is 4.21 Å². The maximum absolute atomic E-state index is 11.9. The second-order valence-corrected chi connectivity index (χ2v) is 5.28. The number of hydrogen-bond acceptors (Lipinski definition) is 3. The molecule has 0 amide bonds. The average Bonchev–Trinajstić information content (AvgIpc) is 2.25. The summed E-state index contributed by atoms with van der Waals surface area (Å²) in [5.41, 5.74) is 0. The predicted octanol–water partition coefficient (Wildman–Crippen LogP) is 2.18. The van der Waals surface area contributed by atoms with Gasteiger partial charge in [0, 0.05) is 23.6 Å². The van der Waals surface area contributed by atoms with E-state index in [0.717, 1.165) is 9.37 Å². The Bertz CT molecular complexity index is 339. The molecule has 5 heteroatoms. The van der Waals surface area contributed by atoms with E-state index in [1.54, 1.807) is 0 Å². The zero-order valence-corrected chi connectivity index (χ0v) is 11.0. The van der Waals surface area contributed by atoms with E-state index in [4.69, 9.17) is 9.47 Å². The van der Waals surface area contributed by atoms with Crippen LogP contribution < -0.4 is 0 Å². The number of ether oxygens (including phenoxy) is 2. The topological polar surface area (TPSA) is 35.5 Å². The Balaban J connectivity index is 2.68. The molecule has 0 aliphatic rings. The van der Waals surface area contributed by atoms with Gasteiger partial charge in [0.05, 0.1) is 16.6 Å². The van der Waals surface area contributed by atoms with E-state index < -0.39 is 17.1 Å². The van der Waals surface area contributed by atoms with Crippen LogP contribution in [0.4, 0.5) is 0 Å². The highest BCUT2D eigenvalue weighted by Gasteiger charge is 2.12. The van der Waals surface area contributed by atoms with Crippen molar-refractivity contribution >= 4 is 26.7 Å². The van der Waals surface area contributed by atoms with E-state index in [1.165, 1.54) is 14.2 Å². The molecule has 0 saturated carbocycles. The molecule has 84 valence electrons. The van der Waals surface area contributed by atoms with Crippen molar-refractivity contribution in [3.63, 3.8) is 0 Å². The molecule has 0 N–H and O–H groups in total.